The number of halogens is 2. The first-order valence-electron chi connectivity index (χ1n) is 6.66. The molecule has 1 aliphatic rings. The third-order valence-electron chi connectivity index (χ3n) is 3.98. The van der Waals surface area contributed by atoms with Gasteiger partial charge in [0.25, 0.3) is 0 Å². The Morgan fingerprint density at radius 2 is 1.83 bits per heavy atom. The molecule has 0 aliphatic heterocycles. The second-order valence-corrected chi connectivity index (χ2v) is 5.95. The van der Waals surface area contributed by atoms with Crippen LogP contribution in [0.25, 0.3) is 0 Å². The minimum absolute atomic E-state index is 0.268. The Morgan fingerprint density at radius 3 is 2.44 bits per heavy atom. The molecule has 1 aromatic carbocycles. The Bertz CT molecular complexity index is 395. The standard InChI is InChI=1S/C15H21F2N/c1-15(2)6-4-3-5-14(15)18-10-11-7-12(16)9-13(17)8-11/h7-9,14,18H,3-6,10H2,1-2H3. The van der Waals surface area contributed by atoms with Gasteiger partial charge in [-0.1, -0.05) is 26.7 Å². The molecule has 1 N–H and O–H groups in total. The molecule has 0 aromatic heterocycles. The summed E-state index contributed by atoms with van der Waals surface area (Å²) >= 11 is 0. The number of hydrogen-bond donors (Lipinski definition) is 1. The fourth-order valence-electron chi connectivity index (χ4n) is 2.83. The van der Waals surface area contributed by atoms with Gasteiger partial charge in [0.05, 0.1) is 0 Å². The lowest BCUT2D eigenvalue weighted by atomic mass is 9.73. The van der Waals surface area contributed by atoms with Crippen LogP contribution in [0.2, 0.25) is 0 Å². The van der Waals surface area contributed by atoms with Crippen molar-refractivity contribution in [1.82, 2.24) is 5.32 Å². The normalized spacial score (nSPS) is 23.0. The van der Waals surface area contributed by atoms with E-state index in [0.29, 0.717) is 18.2 Å². The quantitative estimate of drug-likeness (QED) is 0.857. The molecule has 1 aliphatic carbocycles. The molecule has 1 atom stereocenters. The lowest BCUT2D eigenvalue weighted by molar-refractivity contribution is 0.166. The molecule has 1 fully saturated rings. The molecule has 0 bridgehead atoms. The zero-order valence-corrected chi connectivity index (χ0v) is 11.1. The van der Waals surface area contributed by atoms with Crippen molar-refractivity contribution in [3.63, 3.8) is 0 Å². The fourth-order valence-corrected chi connectivity index (χ4v) is 2.83. The summed E-state index contributed by atoms with van der Waals surface area (Å²) in [4.78, 5) is 0. The van der Waals surface area contributed by atoms with Gasteiger partial charge >= 0.3 is 0 Å². The highest BCUT2D eigenvalue weighted by atomic mass is 19.1. The van der Waals surface area contributed by atoms with E-state index in [2.05, 4.69) is 19.2 Å². The first-order chi connectivity index (χ1) is 8.47. The monoisotopic (exact) mass is 253 g/mol. The molecule has 0 saturated heterocycles. The largest absolute Gasteiger partial charge is 0.309 e. The smallest absolute Gasteiger partial charge is 0.126 e. The van der Waals surface area contributed by atoms with Crippen molar-refractivity contribution < 1.29 is 8.78 Å². The van der Waals surface area contributed by atoms with E-state index in [1.165, 1.54) is 31.4 Å². The van der Waals surface area contributed by atoms with Gasteiger partial charge in [-0.3, -0.25) is 0 Å². The molecule has 2 rings (SSSR count). The van der Waals surface area contributed by atoms with Crippen LogP contribution in [0.1, 0.15) is 45.1 Å². The molecule has 100 valence electrons. The highest BCUT2D eigenvalue weighted by molar-refractivity contribution is 5.17. The Kier molecular flexibility index (Phi) is 4.00. The summed E-state index contributed by atoms with van der Waals surface area (Å²) in [6, 6.07) is 4.13. The molecule has 1 nitrogen and oxygen atoms in total. The number of nitrogens with one attached hydrogen (secondary N) is 1. The number of benzene rings is 1. The fraction of sp³-hybridized carbons (Fsp3) is 0.600. The maximum Gasteiger partial charge on any atom is 0.126 e. The van der Waals surface area contributed by atoms with Crippen LogP contribution in [0.5, 0.6) is 0 Å². The van der Waals surface area contributed by atoms with Crippen molar-refractivity contribution in [3.8, 4) is 0 Å². The van der Waals surface area contributed by atoms with Gasteiger partial charge in [0.2, 0.25) is 0 Å². The van der Waals surface area contributed by atoms with E-state index in [-0.39, 0.29) is 5.41 Å². The molecule has 18 heavy (non-hydrogen) atoms. The van der Waals surface area contributed by atoms with Crippen molar-refractivity contribution in [2.45, 2.75) is 52.1 Å². The Balaban J connectivity index is 1.98. The average Bonchev–Trinajstić information content (AvgIpc) is 2.25. The molecule has 0 radical (unpaired) electrons. The summed E-state index contributed by atoms with van der Waals surface area (Å²) in [5.41, 5.74) is 0.943. The second kappa shape index (κ2) is 5.35. The highest BCUT2D eigenvalue weighted by Crippen LogP contribution is 2.35. The molecule has 0 amide bonds. The molecule has 0 heterocycles. The third kappa shape index (κ3) is 3.29. The van der Waals surface area contributed by atoms with Gasteiger partial charge < -0.3 is 5.32 Å². The predicted molar refractivity (Wildman–Crippen MR) is 69.2 cm³/mol. The first-order valence-corrected chi connectivity index (χ1v) is 6.66. The van der Waals surface area contributed by atoms with E-state index in [1.54, 1.807) is 0 Å². The van der Waals surface area contributed by atoms with E-state index in [0.717, 1.165) is 12.5 Å². The summed E-state index contributed by atoms with van der Waals surface area (Å²) in [5, 5.41) is 3.45. The molecular formula is C15H21F2N. The summed E-state index contributed by atoms with van der Waals surface area (Å²) in [6.45, 7) is 5.05. The Morgan fingerprint density at radius 1 is 1.17 bits per heavy atom. The SMILES string of the molecule is CC1(C)CCCCC1NCc1cc(F)cc(F)c1. The van der Waals surface area contributed by atoms with Gasteiger partial charge in [-0.2, -0.15) is 0 Å². The number of rotatable bonds is 3. The molecule has 0 spiro atoms. The maximum absolute atomic E-state index is 13.1. The highest BCUT2D eigenvalue weighted by Gasteiger charge is 2.31. The minimum atomic E-state index is -0.505. The lowest BCUT2D eigenvalue weighted by Crippen LogP contribution is -2.43. The van der Waals surface area contributed by atoms with Gasteiger partial charge in [-0.15, -0.1) is 0 Å². The lowest BCUT2D eigenvalue weighted by Gasteiger charge is -2.39. The van der Waals surface area contributed by atoms with Gasteiger partial charge in [-0.05, 0) is 36.0 Å². The van der Waals surface area contributed by atoms with Crippen LogP contribution in [0.3, 0.4) is 0 Å². The van der Waals surface area contributed by atoms with Crippen LogP contribution in [-0.2, 0) is 6.54 Å². The maximum atomic E-state index is 13.1. The summed E-state index contributed by atoms with van der Waals surface area (Å²) < 4.78 is 26.2. The van der Waals surface area contributed by atoms with Crippen LogP contribution in [0, 0.1) is 17.0 Å². The molecule has 3 heteroatoms. The zero-order chi connectivity index (χ0) is 13.2. The summed E-state index contributed by atoms with van der Waals surface area (Å²) in [5.74, 6) is -1.01. The van der Waals surface area contributed by atoms with Crippen LogP contribution >= 0.6 is 0 Å². The average molecular weight is 253 g/mol. The van der Waals surface area contributed by atoms with Crippen LogP contribution in [0.4, 0.5) is 8.78 Å². The first kappa shape index (κ1) is 13.5. The van der Waals surface area contributed by atoms with E-state index >= 15 is 0 Å². The molecular weight excluding hydrogens is 232 g/mol. The predicted octanol–water partition coefficient (Wildman–Crippen LogP) is 4.02. The summed E-state index contributed by atoms with van der Waals surface area (Å²) in [7, 11) is 0. The van der Waals surface area contributed by atoms with Crippen molar-refractivity contribution in [2.75, 3.05) is 0 Å². The van der Waals surface area contributed by atoms with Gasteiger partial charge in [0, 0.05) is 18.7 Å². The van der Waals surface area contributed by atoms with Crippen LogP contribution in [-0.4, -0.2) is 6.04 Å². The Hall–Kier alpha value is -0.960. The van der Waals surface area contributed by atoms with Gasteiger partial charge in [-0.25, -0.2) is 8.78 Å². The van der Waals surface area contributed by atoms with Crippen LogP contribution in [0.15, 0.2) is 18.2 Å². The van der Waals surface area contributed by atoms with Crippen LogP contribution < -0.4 is 5.32 Å². The summed E-state index contributed by atoms with van der Waals surface area (Å²) in [6.07, 6.45) is 4.87. The topological polar surface area (TPSA) is 12.0 Å². The second-order valence-electron chi connectivity index (χ2n) is 5.95. The van der Waals surface area contributed by atoms with Gasteiger partial charge in [0.1, 0.15) is 11.6 Å². The van der Waals surface area contributed by atoms with E-state index < -0.39 is 11.6 Å². The molecule has 1 unspecified atom stereocenters. The third-order valence-corrected chi connectivity index (χ3v) is 3.98. The van der Waals surface area contributed by atoms with E-state index in [9.17, 15) is 8.78 Å². The molecule has 1 saturated carbocycles. The van der Waals surface area contributed by atoms with E-state index in [1.807, 2.05) is 0 Å². The van der Waals surface area contributed by atoms with Gasteiger partial charge in [0.15, 0.2) is 0 Å². The Labute approximate surface area is 108 Å². The molecule has 1 aromatic rings. The van der Waals surface area contributed by atoms with E-state index in [4.69, 9.17) is 0 Å². The zero-order valence-electron chi connectivity index (χ0n) is 11.1. The number of hydrogen-bond acceptors (Lipinski definition) is 1. The van der Waals surface area contributed by atoms with Crippen molar-refractivity contribution in [1.29, 1.82) is 0 Å². The van der Waals surface area contributed by atoms with Crippen molar-refractivity contribution in [2.24, 2.45) is 5.41 Å². The van der Waals surface area contributed by atoms with Crippen molar-refractivity contribution in [3.05, 3.63) is 35.4 Å². The minimum Gasteiger partial charge on any atom is -0.309 e. The van der Waals surface area contributed by atoms with Crippen molar-refractivity contribution >= 4 is 0 Å².